The van der Waals surface area contributed by atoms with Crippen LogP contribution in [0.4, 0.5) is 4.79 Å². The molecule has 1 amide bonds. The maximum absolute atomic E-state index is 12.7. The number of rotatable bonds is 2. The predicted molar refractivity (Wildman–Crippen MR) is 98.7 cm³/mol. The summed E-state index contributed by atoms with van der Waals surface area (Å²) in [6, 6.07) is 7.77. The molecule has 8 nitrogen and oxygen atoms in total. The first-order valence-electron chi connectivity index (χ1n) is 9.05. The average Bonchev–Trinajstić information content (AvgIpc) is 3.13. The molecule has 0 aliphatic carbocycles. The number of ether oxygens (including phenoxy) is 2. The molecule has 8 heteroatoms. The first-order valence-corrected chi connectivity index (χ1v) is 9.05. The molecule has 0 saturated carbocycles. The Balaban J connectivity index is 1.67. The highest BCUT2D eigenvalue weighted by Gasteiger charge is 2.40. The van der Waals surface area contributed by atoms with Gasteiger partial charge in [-0.25, -0.2) is 4.79 Å². The molecular formula is C19H23N5O3. The second kappa shape index (κ2) is 6.77. The van der Waals surface area contributed by atoms with Crippen LogP contribution in [0.15, 0.2) is 30.3 Å². The molecule has 2 atom stereocenters. The zero-order valence-electron chi connectivity index (χ0n) is 15.7. The monoisotopic (exact) mass is 369 g/mol. The number of carbonyl (C=O) groups is 1. The number of nitrogens with one attached hydrogen (secondary N) is 1. The van der Waals surface area contributed by atoms with E-state index in [2.05, 4.69) is 32.8 Å². The van der Waals surface area contributed by atoms with Crippen molar-refractivity contribution in [3.63, 3.8) is 0 Å². The minimum atomic E-state index is -0.526. The number of amides is 1. The van der Waals surface area contributed by atoms with Crippen LogP contribution in [0.25, 0.3) is 17.0 Å². The van der Waals surface area contributed by atoms with E-state index in [-0.39, 0.29) is 18.2 Å². The molecule has 4 rings (SSSR count). The Morgan fingerprint density at radius 2 is 2.04 bits per heavy atom. The third-order valence-corrected chi connectivity index (χ3v) is 4.66. The molecule has 0 radical (unpaired) electrons. The summed E-state index contributed by atoms with van der Waals surface area (Å²) in [5, 5.41) is 14.4. The van der Waals surface area contributed by atoms with Crippen molar-refractivity contribution < 1.29 is 14.3 Å². The molecule has 142 valence electrons. The molecule has 1 saturated heterocycles. The van der Waals surface area contributed by atoms with Crippen molar-refractivity contribution in [2.24, 2.45) is 0 Å². The van der Waals surface area contributed by atoms with E-state index < -0.39 is 5.60 Å². The first-order chi connectivity index (χ1) is 12.9. The summed E-state index contributed by atoms with van der Waals surface area (Å²) in [6.45, 7) is 6.59. The SMILES string of the molecule is CC(C)(C)OC(=O)N1C2C=C(c3ccccc3-c3nn[nH]n3)CC1COC2. The molecule has 2 aliphatic heterocycles. The summed E-state index contributed by atoms with van der Waals surface area (Å²) in [7, 11) is 0. The van der Waals surface area contributed by atoms with Crippen LogP contribution in [-0.2, 0) is 9.47 Å². The van der Waals surface area contributed by atoms with Crippen LogP contribution < -0.4 is 0 Å². The van der Waals surface area contributed by atoms with E-state index in [4.69, 9.17) is 9.47 Å². The zero-order valence-corrected chi connectivity index (χ0v) is 15.7. The lowest BCUT2D eigenvalue weighted by atomic mass is 9.87. The Labute approximate surface area is 157 Å². The van der Waals surface area contributed by atoms with Gasteiger partial charge in [0.05, 0.1) is 25.3 Å². The van der Waals surface area contributed by atoms with Gasteiger partial charge >= 0.3 is 6.09 Å². The fourth-order valence-electron chi connectivity index (χ4n) is 3.63. The van der Waals surface area contributed by atoms with Gasteiger partial charge in [-0.1, -0.05) is 30.3 Å². The Morgan fingerprint density at radius 1 is 1.26 bits per heavy atom. The molecule has 27 heavy (non-hydrogen) atoms. The van der Waals surface area contributed by atoms with Crippen LogP contribution in [0.5, 0.6) is 0 Å². The molecule has 1 aromatic carbocycles. The summed E-state index contributed by atoms with van der Waals surface area (Å²) in [6.07, 6.45) is 2.49. The van der Waals surface area contributed by atoms with Gasteiger partial charge in [-0.15, -0.1) is 10.2 Å². The van der Waals surface area contributed by atoms with Crippen molar-refractivity contribution >= 4 is 11.7 Å². The number of carbonyl (C=O) groups excluding carboxylic acids is 1. The third-order valence-electron chi connectivity index (χ3n) is 4.66. The highest BCUT2D eigenvalue weighted by atomic mass is 16.6. The Morgan fingerprint density at radius 3 is 2.70 bits per heavy atom. The smallest absolute Gasteiger partial charge is 0.411 e. The summed E-state index contributed by atoms with van der Waals surface area (Å²) in [5.41, 5.74) is 2.61. The molecule has 1 aromatic heterocycles. The number of fused-ring (bicyclic) bond motifs is 2. The quantitative estimate of drug-likeness (QED) is 0.875. The zero-order chi connectivity index (χ0) is 19.0. The van der Waals surface area contributed by atoms with Crippen LogP contribution in [0.1, 0.15) is 32.8 Å². The summed E-state index contributed by atoms with van der Waals surface area (Å²) >= 11 is 0. The molecule has 2 aliphatic rings. The second-order valence-corrected chi connectivity index (χ2v) is 7.82. The van der Waals surface area contributed by atoms with E-state index in [0.717, 1.165) is 16.7 Å². The van der Waals surface area contributed by atoms with Gasteiger partial charge in [0.2, 0.25) is 5.82 Å². The number of tetrazole rings is 1. The van der Waals surface area contributed by atoms with Gasteiger partial charge in [-0.3, -0.25) is 4.90 Å². The lowest BCUT2D eigenvalue weighted by Crippen LogP contribution is -2.57. The van der Waals surface area contributed by atoms with Crippen LogP contribution in [0.2, 0.25) is 0 Å². The van der Waals surface area contributed by atoms with Crippen LogP contribution in [-0.4, -0.2) is 62.5 Å². The Hall–Kier alpha value is -2.74. The average molecular weight is 369 g/mol. The van der Waals surface area contributed by atoms with E-state index in [1.54, 1.807) is 0 Å². The third kappa shape index (κ3) is 3.57. The molecule has 1 N–H and O–H groups in total. The minimum absolute atomic E-state index is 0.0584. The van der Waals surface area contributed by atoms with E-state index in [0.29, 0.717) is 25.5 Å². The number of hydrogen-bond donors (Lipinski definition) is 1. The van der Waals surface area contributed by atoms with E-state index in [1.807, 2.05) is 43.9 Å². The Kier molecular flexibility index (Phi) is 4.43. The number of H-pyrrole nitrogens is 1. The van der Waals surface area contributed by atoms with Crippen molar-refractivity contribution in [1.82, 2.24) is 25.5 Å². The molecule has 0 spiro atoms. The van der Waals surface area contributed by atoms with Crippen LogP contribution in [0.3, 0.4) is 0 Å². The lowest BCUT2D eigenvalue weighted by molar-refractivity contribution is -0.0510. The number of nitrogens with zero attached hydrogens (tertiary/aromatic N) is 4. The van der Waals surface area contributed by atoms with Gasteiger partial charge in [0.15, 0.2) is 0 Å². The van der Waals surface area contributed by atoms with Gasteiger partial charge in [0, 0.05) is 5.56 Å². The molecule has 2 aromatic rings. The van der Waals surface area contributed by atoms with Gasteiger partial charge in [0.25, 0.3) is 0 Å². The minimum Gasteiger partial charge on any atom is -0.444 e. The Bertz CT molecular complexity index is 856. The van der Waals surface area contributed by atoms with Crippen molar-refractivity contribution in [3.05, 3.63) is 35.9 Å². The van der Waals surface area contributed by atoms with Crippen molar-refractivity contribution in [3.8, 4) is 11.4 Å². The van der Waals surface area contributed by atoms with Gasteiger partial charge in [0.1, 0.15) is 5.60 Å². The maximum atomic E-state index is 12.7. The largest absolute Gasteiger partial charge is 0.444 e. The molecule has 2 bridgehead atoms. The second-order valence-electron chi connectivity index (χ2n) is 7.82. The molecule has 2 unspecified atom stereocenters. The van der Waals surface area contributed by atoms with Crippen molar-refractivity contribution in [2.75, 3.05) is 13.2 Å². The first kappa shape index (κ1) is 17.7. The number of benzene rings is 1. The van der Waals surface area contributed by atoms with E-state index >= 15 is 0 Å². The normalized spacial score (nSPS) is 22.3. The van der Waals surface area contributed by atoms with E-state index in [9.17, 15) is 4.79 Å². The summed E-state index contributed by atoms with van der Waals surface area (Å²) in [4.78, 5) is 14.5. The number of morpholine rings is 1. The summed E-state index contributed by atoms with van der Waals surface area (Å²) in [5.74, 6) is 0.558. The fourth-order valence-corrected chi connectivity index (χ4v) is 3.63. The molecular weight excluding hydrogens is 346 g/mol. The van der Waals surface area contributed by atoms with E-state index in [1.165, 1.54) is 0 Å². The fraction of sp³-hybridized carbons (Fsp3) is 0.474. The summed E-state index contributed by atoms with van der Waals surface area (Å²) < 4.78 is 11.3. The number of aromatic amines is 1. The topological polar surface area (TPSA) is 93.2 Å². The molecule has 3 heterocycles. The highest BCUT2D eigenvalue weighted by Crippen LogP contribution is 2.36. The maximum Gasteiger partial charge on any atom is 0.411 e. The van der Waals surface area contributed by atoms with Crippen LogP contribution in [0, 0.1) is 0 Å². The lowest BCUT2D eigenvalue weighted by Gasteiger charge is -2.44. The molecule has 1 fully saturated rings. The van der Waals surface area contributed by atoms with Crippen molar-refractivity contribution in [1.29, 1.82) is 0 Å². The number of aromatic nitrogens is 4. The van der Waals surface area contributed by atoms with Crippen molar-refractivity contribution in [2.45, 2.75) is 44.9 Å². The predicted octanol–water partition coefficient (Wildman–Crippen LogP) is 2.66. The van der Waals surface area contributed by atoms with Gasteiger partial charge in [-0.05, 0) is 43.5 Å². The standard InChI is InChI=1S/C19H23N5O3/c1-19(2,3)27-18(25)24-13-8-12(9-14(24)11-26-10-13)15-6-4-5-7-16(15)17-20-22-23-21-17/h4-8,13-14H,9-11H2,1-3H3,(H,20,21,22,23). The van der Waals surface area contributed by atoms with Gasteiger partial charge < -0.3 is 9.47 Å². The highest BCUT2D eigenvalue weighted by molar-refractivity contribution is 5.81. The van der Waals surface area contributed by atoms with Crippen LogP contribution >= 0.6 is 0 Å². The number of hydrogen-bond acceptors (Lipinski definition) is 6. The van der Waals surface area contributed by atoms with Gasteiger partial charge in [-0.2, -0.15) is 5.21 Å².